The van der Waals surface area contributed by atoms with Crippen LogP contribution in [0.3, 0.4) is 0 Å². The van der Waals surface area contributed by atoms with E-state index in [1.807, 2.05) is 6.07 Å². The molecule has 5 rings (SSSR count). The third-order valence-corrected chi connectivity index (χ3v) is 6.31. The van der Waals surface area contributed by atoms with Gasteiger partial charge in [-0.2, -0.15) is 9.61 Å². The molecule has 0 unspecified atom stereocenters. The molecule has 0 fully saturated rings. The number of imidazole rings is 1. The molecule has 2 atom stereocenters. The minimum absolute atomic E-state index is 0.000180. The number of nitrogens with zero attached hydrogens (tertiary/aromatic N) is 4. The van der Waals surface area contributed by atoms with Crippen LogP contribution >= 0.6 is 0 Å². The summed E-state index contributed by atoms with van der Waals surface area (Å²) in [5.74, 6) is -0.833. The van der Waals surface area contributed by atoms with Crippen molar-refractivity contribution in [1.29, 1.82) is 0 Å². The Morgan fingerprint density at radius 3 is 2.71 bits per heavy atom. The van der Waals surface area contributed by atoms with Crippen LogP contribution in [0.2, 0.25) is 0 Å². The van der Waals surface area contributed by atoms with Crippen LogP contribution in [0, 0.1) is 11.6 Å². The molecule has 0 spiro atoms. The summed E-state index contributed by atoms with van der Waals surface area (Å²) in [7, 11) is 0. The van der Waals surface area contributed by atoms with Gasteiger partial charge in [0.25, 0.3) is 0 Å². The van der Waals surface area contributed by atoms with Crippen LogP contribution in [-0.4, -0.2) is 37.3 Å². The zero-order valence-electron chi connectivity index (χ0n) is 19.2. The summed E-state index contributed by atoms with van der Waals surface area (Å²) in [6.07, 6.45) is 9.13. The molecule has 0 saturated heterocycles. The van der Waals surface area contributed by atoms with Crippen molar-refractivity contribution in [2.75, 3.05) is 11.9 Å². The maximum Gasteiger partial charge on any atom is 0.229 e. The van der Waals surface area contributed by atoms with Crippen molar-refractivity contribution in [3.63, 3.8) is 0 Å². The number of anilines is 2. The molecule has 4 aromatic rings. The Morgan fingerprint density at radius 2 is 1.97 bits per heavy atom. The first-order valence-corrected chi connectivity index (χ1v) is 11.5. The van der Waals surface area contributed by atoms with Crippen molar-refractivity contribution in [3.05, 3.63) is 83.3 Å². The number of allylic oxidation sites excluding steroid dienone is 1. The highest BCUT2D eigenvalue weighted by atomic mass is 19.1. The van der Waals surface area contributed by atoms with Crippen LogP contribution in [0.5, 0.6) is 0 Å². The highest BCUT2D eigenvalue weighted by molar-refractivity contribution is 5.66. The number of halogens is 2. The van der Waals surface area contributed by atoms with Crippen molar-refractivity contribution in [3.8, 4) is 11.3 Å². The number of hydrogen-bond acceptors (Lipinski definition) is 6. The molecule has 1 aromatic carbocycles. The molecule has 4 N–H and O–H groups in total. The highest BCUT2D eigenvalue weighted by Gasteiger charge is 2.23. The second-order valence-corrected chi connectivity index (χ2v) is 8.95. The van der Waals surface area contributed by atoms with Crippen molar-refractivity contribution in [2.45, 2.75) is 38.1 Å². The number of pyridine rings is 1. The summed E-state index contributed by atoms with van der Waals surface area (Å²) in [6.45, 7) is 1.90. The first kappa shape index (κ1) is 23.1. The molecule has 1 aliphatic carbocycles. The minimum Gasteiger partial charge on any atom is -0.396 e. The number of benzene rings is 1. The van der Waals surface area contributed by atoms with E-state index in [1.165, 1.54) is 22.2 Å². The lowest BCUT2D eigenvalue weighted by molar-refractivity contribution is 0.299. The number of nitrogens with two attached hydrogens (primary N) is 1. The third kappa shape index (κ3) is 4.65. The van der Waals surface area contributed by atoms with Gasteiger partial charge in [-0.15, -0.1) is 0 Å². The summed E-state index contributed by atoms with van der Waals surface area (Å²) in [5, 5.41) is 16.9. The van der Waals surface area contributed by atoms with E-state index in [4.69, 9.17) is 10.8 Å². The second kappa shape index (κ2) is 9.52. The highest BCUT2D eigenvalue weighted by Crippen LogP contribution is 2.36. The first-order valence-electron chi connectivity index (χ1n) is 11.5. The lowest BCUT2D eigenvalue weighted by atomic mass is 9.82. The lowest BCUT2D eigenvalue weighted by Gasteiger charge is -2.27. The molecule has 180 valence electrons. The van der Waals surface area contributed by atoms with Gasteiger partial charge in [0.15, 0.2) is 0 Å². The Morgan fingerprint density at radius 1 is 1.17 bits per heavy atom. The van der Waals surface area contributed by atoms with Gasteiger partial charge in [0.2, 0.25) is 5.95 Å². The molecule has 7 nitrogen and oxygen atoms in total. The molecule has 0 radical (unpaired) electrons. The van der Waals surface area contributed by atoms with Crippen LogP contribution in [0.15, 0.2) is 60.6 Å². The van der Waals surface area contributed by atoms with E-state index in [0.29, 0.717) is 17.0 Å². The third-order valence-electron chi connectivity index (χ3n) is 6.31. The molecule has 9 heteroatoms. The zero-order valence-corrected chi connectivity index (χ0v) is 19.2. The van der Waals surface area contributed by atoms with Crippen LogP contribution in [0.25, 0.3) is 16.8 Å². The molecular formula is C26H26F2N6O. The van der Waals surface area contributed by atoms with E-state index in [1.54, 1.807) is 30.7 Å². The monoisotopic (exact) mass is 476 g/mol. The van der Waals surface area contributed by atoms with Crippen molar-refractivity contribution < 1.29 is 13.9 Å². The van der Waals surface area contributed by atoms with E-state index in [0.717, 1.165) is 24.1 Å². The van der Waals surface area contributed by atoms with E-state index in [9.17, 15) is 8.78 Å². The van der Waals surface area contributed by atoms with Gasteiger partial charge in [-0.1, -0.05) is 11.6 Å². The van der Waals surface area contributed by atoms with Gasteiger partial charge >= 0.3 is 0 Å². The predicted octanol–water partition coefficient (Wildman–Crippen LogP) is 4.50. The Bertz CT molecular complexity index is 1390. The molecule has 1 aliphatic rings. The van der Waals surface area contributed by atoms with Crippen molar-refractivity contribution in [1.82, 2.24) is 19.6 Å². The Hall–Kier alpha value is -3.69. The molecular weight excluding hydrogens is 450 g/mol. The summed E-state index contributed by atoms with van der Waals surface area (Å²) in [4.78, 5) is 8.70. The van der Waals surface area contributed by atoms with Gasteiger partial charge in [0, 0.05) is 18.8 Å². The fraction of sp³-hybridized carbons (Fsp3) is 0.269. The second-order valence-electron chi connectivity index (χ2n) is 8.95. The SMILES string of the molecule is CC1=C[C@H](N)C[C@H](c2ccncc2Nc2ncc3ccc(-c4c(F)cc(CCO)cc4F)nn23)C1. The maximum atomic E-state index is 14.8. The summed E-state index contributed by atoms with van der Waals surface area (Å²) in [6, 6.07) is 7.69. The van der Waals surface area contributed by atoms with Crippen molar-refractivity contribution in [2.24, 2.45) is 5.73 Å². The number of aromatic nitrogens is 4. The Labute approximate surface area is 201 Å². The molecule has 3 heterocycles. The smallest absolute Gasteiger partial charge is 0.229 e. The number of nitrogens with one attached hydrogen (secondary N) is 1. The van der Waals surface area contributed by atoms with Gasteiger partial charge in [-0.3, -0.25) is 4.98 Å². The van der Waals surface area contributed by atoms with Crippen LogP contribution in [-0.2, 0) is 6.42 Å². The number of aliphatic hydroxyl groups is 1. The largest absolute Gasteiger partial charge is 0.396 e. The predicted molar refractivity (Wildman–Crippen MR) is 130 cm³/mol. The standard InChI is InChI=1S/C26H26F2N6O/c1-15-8-17(12-18(29)9-15)20-4-6-30-14-24(20)32-26-31-13-19-2-3-23(33-34(19)26)25-21(27)10-16(5-7-35)11-22(25)28/h2-4,6,9-11,13-14,17-18,35H,5,7-8,12,29H2,1H3,(H,31,32)/t17-,18+/m1/s1. The fourth-order valence-electron chi connectivity index (χ4n) is 4.77. The zero-order chi connectivity index (χ0) is 24.5. The summed E-state index contributed by atoms with van der Waals surface area (Å²) in [5.41, 5.74) is 10.3. The number of hydrogen-bond donors (Lipinski definition) is 3. The van der Waals surface area contributed by atoms with Crippen LogP contribution in [0.4, 0.5) is 20.4 Å². The molecule has 0 bridgehead atoms. The first-order chi connectivity index (χ1) is 16.9. The number of fused-ring (bicyclic) bond motifs is 1. The van der Waals surface area contributed by atoms with Gasteiger partial charge in [-0.05, 0) is 73.6 Å². The lowest BCUT2D eigenvalue weighted by Crippen LogP contribution is -2.25. The fourth-order valence-corrected chi connectivity index (χ4v) is 4.77. The van der Waals surface area contributed by atoms with Gasteiger partial charge in [-0.25, -0.2) is 13.8 Å². The van der Waals surface area contributed by atoms with Crippen LogP contribution < -0.4 is 11.1 Å². The average molecular weight is 477 g/mol. The topological polar surface area (TPSA) is 101 Å². The average Bonchev–Trinajstić information content (AvgIpc) is 3.21. The quantitative estimate of drug-likeness (QED) is 0.354. The van der Waals surface area contributed by atoms with E-state index in [2.05, 4.69) is 33.4 Å². The molecule has 0 aliphatic heterocycles. The van der Waals surface area contributed by atoms with Crippen molar-refractivity contribution >= 4 is 17.2 Å². The Kier molecular flexibility index (Phi) is 6.27. The van der Waals surface area contributed by atoms with E-state index >= 15 is 0 Å². The minimum atomic E-state index is -0.735. The molecule has 0 saturated carbocycles. The molecule has 0 amide bonds. The van der Waals surface area contributed by atoms with Gasteiger partial charge in [0.05, 0.1) is 34.9 Å². The van der Waals surface area contributed by atoms with E-state index in [-0.39, 0.29) is 36.2 Å². The maximum absolute atomic E-state index is 14.8. The van der Waals surface area contributed by atoms with Crippen LogP contribution in [0.1, 0.15) is 36.8 Å². The van der Waals surface area contributed by atoms with E-state index < -0.39 is 11.6 Å². The summed E-state index contributed by atoms with van der Waals surface area (Å²) < 4.78 is 31.1. The van der Waals surface area contributed by atoms with Gasteiger partial charge < -0.3 is 16.2 Å². The number of rotatable bonds is 6. The molecule has 3 aromatic heterocycles. The van der Waals surface area contributed by atoms with Gasteiger partial charge in [0.1, 0.15) is 11.6 Å². The molecule has 35 heavy (non-hydrogen) atoms. The Balaban J connectivity index is 1.51. The summed E-state index contributed by atoms with van der Waals surface area (Å²) >= 11 is 0. The normalized spacial score (nSPS) is 18.0. The number of aliphatic hydroxyl groups excluding tert-OH is 1.